The predicted octanol–water partition coefficient (Wildman–Crippen LogP) is 1.34. The molecule has 1 amide bonds. The van der Waals surface area contributed by atoms with E-state index < -0.39 is 10.2 Å². The van der Waals surface area contributed by atoms with E-state index in [9.17, 15) is 13.2 Å². The molecule has 0 unspecified atom stereocenters. The Labute approximate surface area is 150 Å². The molecule has 0 aliphatic carbocycles. The lowest BCUT2D eigenvalue weighted by Crippen LogP contribution is -2.65. The van der Waals surface area contributed by atoms with Crippen LogP contribution in [0.4, 0.5) is 0 Å². The van der Waals surface area contributed by atoms with Crippen molar-refractivity contribution in [1.29, 1.82) is 0 Å². The van der Waals surface area contributed by atoms with Crippen LogP contribution in [-0.4, -0.2) is 49.7 Å². The molecule has 0 saturated carbocycles. The summed E-state index contributed by atoms with van der Waals surface area (Å²) in [4.78, 5) is 14.7. The largest absolute Gasteiger partial charge is 0.341 e. The van der Waals surface area contributed by atoms with Crippen molar-refractivity contribution in [3.63, 3.8) is 0 Å². The summed E-state index contributed by atoms with van der Waals surface area (Å²) in [6.07, 6.45) is 1.09. The highest BCUT2D eigenvalue weighted by atomic mass is 32.2. The number of nitrogens with two attached hydrogens (primary N) is 1. The SMILES string of the molecule is CC(C)C1(c2ccccc2)CN(C(=O)C2CCN(S(N)(=O)=O)CC2)C1. The quantitative estimate of drug-likeness (QED) is 0.874. The van der Waals surface area contributed by atoms with E-state index >= 15 is 0 Å². The van der Waals surface area contributed by atoms with E-state index in [-0.39, 0.29) is 17.2 Å². The molecule has 25 heavy (non-hydrogen) atoms. The van der Waals surface area contributed by atoms with Gasteiger partial charge in [0.2, 0.25) is 5.91 Å². The van der Waals surface area contributed by atoms with Gasteiger partial charge in [0.25, 0.3) is 10.2 Å². The summed E-state index contributed by atoms with van der Waals surface area (Å²) >= 11 is 0. The van der Waals surface area contributed by atoms with Crippen LogP contribution in [0.5, 0.6) is 0 Å². The van der Waals surface area contributed by atoms with E-state index in [2.05, 4.69) is 26.0 Å². The lowest BCUT2D eigenvalue weighted by molar-refractivity contribution is -0.146. The van der Waals surface area contributed by atoms with Crippen LogP contribution in [0.25, 0.3) is 0 Å². The Morgan fingerprint density at radius 2 is 1.72 bits per heavy atom. The van der Waals surface area contributed by atoms with Crippen LogP contribution < -0.4 is 5.14 Å². The van der Waals surface area contributed by atoms with Crippen LogP contribution in [0.3, 0.4) is 0 Å². The Hall–Kier alpha value is -1.44. The summed E-state index contributed by atoms with van der Waals surface area (Å²) < 4.78 is 24.0. The van der Waals surface area contributed by atoms with Gasteiger partial charge in [-0.25, -0.2) is 5.14 Å². The van der Waals surface area contributed by atoms with Crippen molar-refractivity contribution in [2.75, 3.05) is 26.2 Å². The second-order valence-electron chi connectivity index (χ2n) is 7.59. The van der Waals surface area contributed by atoms with E-state index in [0.717, 1.165) is 13.1 Å². The molecule has 2 N–H and O–H groups in total. The van der Waals surface area contributed by atoms with E-state index in [1.54, 1.807) is 0 Å². The molecule has 2 aliphatic heterocycles. The fourth-order valence-corrected chi connectivity index (χ4v) is 4.78. The number of hydrogen-bond donors (Lipinski definition) is 1. The molecule has 0 atom stereocenters. The van der Waals surface area contributed by atoms with E-state index in [4.69, 9.17) is 5.14 Å². The molecule has 0 bridgehead atoms. The Morgan fingerprint density at radius 1 is 1.16 bits per heavy atom. The number of piperidine rings is 1. The van der Waals surface area contributed by atoms with Crippen molar-refractivity contribution in [3.8, 4) is 0 Å². The summed E-state index contributed by atoms with van der Waals surface area (Å²) in [7, 11) is -3.64. The lowest BCUT2D eigenvalue weighted by Gasteiger charge is -2.54. The Kier molecular flexibility index (Phi) is 4.92. The van der Waals surface area contributed by atoms with Gasteiger partial charge in [-0.15, -0.1) is 0 Å². The first-order chi connectivity index (χ1) is 11.7. The summed E-state index contributed by atoms with van der Waals surface area (Å²) in [5.41, 5.74) is 1.32. The van der Waals surface area contributed by atoms with Gasteiger partial charge in [-0.3, -0.25) is 4.79 Å². The first kappa shape index (κ1) is 18.4. The molecule has 2 aliphatic rings. The molecule has 3 rings (SSSR count). The van der Waals surface area contributed by atoms with E-state index in [1.807, 2.05) is 23.1 Å². The maximum absolute atomic E-state index is 12.8. The zero-order valence-electron chi connectivity index (χ0n) is 14.9. The number of carbonyl (C=O) groups excluding carboxylic acids is 1. The van der Waals surface area contributed by atoms with Gasteiger partial charge in [0, 0.05) is 37.5 Å². The van der Waals surface area contributed by atoms with Crippen LogP contribution >= 0.6 is 0 Å². The first-order valence-corrected chi connectivity index (χ1v) is 10.4. The van der Waals surface area contributed by atoms with Crippen molar-refractivity contribution in [2.45, 2.75) is 32.1 Å². The zero-order chi connectivity index (χ0) is 18.2. The van der Waals surface area contributed by atoms with Gasteiger partial charge in [-0.1, -0.05) is 44.2 Å². The summed E-state index contributed by atoms with van der Waals surface area (Å²) in [5, 5.41) is 5.16. The minimum atomic E-state index is -3.64. The van der Waals surface area contributed by atoms with Gasteiger partial charge < -0.3 is 4.90 Å². The molecule has 0 radical (unpaired) electrons. The molecule has 7 heteroatoms. The number of carbonyl (C=O) groups is 1. The van der Waals surface area contributed by atoms with Crippen molar-refractivity contribution in [2.24, 2.45) is 17.0 Å². The number of amides is 1. The van der Waals surface area contributed by atoms with Crippen LogP contribution in [0.1, 0.15) is 32.3 Å². The fraction of sp³-hybridized carbons (Fsp3) is 0.611. The molecular formula is C18H27N3O3S. The highest BCUT2D eigenvalue weighted by Crippen LogP contribution is 2.42. The molecule has 2 saturated heterocycles. The second-order valence-corrected chi connectivity index (χ2v) is 9.14. The average molecular weight is 365 g/mol. The van der Waals surface area contributed by atoms with E-state index in [1.165, 1.54) is 9.87 Å². The van der Waals surface area contributed by atoms with Crippen LogP contribution in [-0.2, 0) is 20.4 Å². The lowest BCUT2D eigenvalue weighted by atomic mass is 9.65. The first-order valence-electron chi connectivity index (χ1n) is 8.86. The standard InChI is InChI=1S/C18H27N3O3S/c1-14(2)18(16-6-4-3-5-7-16)12-20(13-18)17(22)15-8-10-21(11-9-15)25(19,23)24/h3-7,14-15H,8-13H2,1-2H3,(H2,19,23,24). The monoisotopic (exact) mass is 365 g/mol. The Morgan fingerprint density at radius 3 is 2.20 bits per heavy atom. The van der Waals surface area contributed by atoms with Crippen LogP contribution in [0.2, 0.25) is 0 Å². The summed E-state index contributed by atoms with van der Waals surface area (Å²) in [6.45, 7) is 6.55. The van der Waals surface area contributed by atoms with Gasteiger partial charge in [0.15, 0.2) is 0 Å². The molecule has 138 valence electrons. The number of nitrogens with zero attached hydrogens (tertiary/aromatic N) is 2. The van der Waals surface area contributed by atoms with E-state index in [0.29, 0.717) is 31.8 Å². The number of likely N-dealkylation sites (tertiary alicyclic amines) is 1. The fourth-order valence-electron chi connectivity index (χ4n) is 4.06. The third-order valence-corrected chi connectivity index (χ3v) is 6.96. The van der Waals surface area contributed by atoms with Crippen LogP contribution in [0.15, 0.2) is 30.3 Å². The molecule has 2 fully saturated rings. The Bertz CT molecular complexity index is 719. The van der Waals surface area contributed by atoms with Crippen molar-refractivity contribution < 1.29 is 13.2 Å². The average Bonchev–Trinajstić information content (AvgIpc) is 2.54. The minimum Gasteiger partial charge on any atom is -0.341 e. The van der Waals surface area contributed by atoms with Gasteiger partial charge in [-0.2, -0.15) is 12.7 Å². The third-order valence-electron chi connectivity index (χ3n) is 5.87. The predicted molar refractivity (Wildman–Crippen MR) is 96.9 cm³/mol. The van der Waals surface area contributed by atoms with Gasteiger partial charge in [-0.05, 0) is 24.3 Å². The molecule has 1 aromatic rings. The van der Waals surface area contributed by atoms with Crippen LogP contribution in [0, 0.1) is 11.8 Å². The maximum atomic E-state index is 12.8. The van der Waals surface area contributed by atoms with Crippen molar-refractivity contribution >= 4 is 16.1 Å². The maximum Gasteiger partial charge on any atom is 0.276 e. The molecule has 2 heterocycles. The smallest absolute Gasteiger partial charge is 0.276 e. The molecule has 0 aromatic heterocycles. The minimum absolute atomic E-state index is 0.0260. The third kappa shape index (κ3) is 3.45. The van der Waals surface area contributed by atoms with Crippen molar-refractivity contribution in [1.82, 2.24) is 9.21 Å². The van der Waals surface area contributed by atoms with Gasteiger partial charge >= 0.3 is 0 Å². The summed E-state index contributed by atoms with van der Waals surface area (Å²) in [6, 6.07) is 10.4. The zero-order valence-corrected chi connectivity index (χ0v) is 15.7. The molecule has 6 nitrogen and oxygen atoms in total. The number of hydrogen-bond acceptors (Lipinski definition) is 3. The second kappa shape index (κ2) is 6.70. The molecule has 1 aromatic carbocycles. The number of benzene rings is 1. The van der Waals surface area contributed by atoms with Gasteiger partial charge in [0.05, 0.1) is 0 Å². The van der Waals surface area contributed by atoms with Crippen molar-refractivity contribution in [3.05, 3.63) is 35.9 Å². The Balaban J connectivity index is 1.63. The highest BCUT2D eigenvalue weighted by Gasteiger charge is 2.49. The highest BCUT2D eigenvalue weighted by molar-refractivity contribution is 7.86. The molecular weight excluding hydrogens is 338 g/mol. The topological polar surface area (TPSA) is 83.7 Å². The van der Waals surface area contributed by atoms with Gasteiger partial charge in [0.1, 0.15) is 0 Å². The molecule has 0 spiro atoms. The number of rotatable bonds is 4. The normalized spacial score (nSPS) is 22.0. The summed E-state index contributed by atoms with van der Waals surface area (Å²) in [5.74, 6) is 0.503.